The number of carboxylic acid groups (broad SMARTS) is 1. The lowest BCUT2D eigenvalue weighted by molar-refractivity contribution is -0.167. The second-order valence-corrected chi connectivity index (χ2v) is 8.21. The van der Waals surface area contributed by atoms with Crippen molar-refractivity contribution < 1.29 is 29.0 Å². The molecule has 0 spiro atoms. The van der Waals surface area contributed by atoms with Gasteiger partial charge < -0.3 is 15.1 Å². The Morgan fingerprint density at radius 1 is 1.29 bits per heavy atom. The number of fused-ring (bicyclic) bond motifs is 1. The molecular formula is C16H16FNO5S. The number of halogens is 1. The Balaban J connectivity index is 1.82. The SMILES string of the molecule is CC1(C)S[C@@H]2[C@H](C(O)C(=O)c3ccc(F)cc3)C(=O)N2[C@H]1C(=O)O. The highest BCUT2D eigenvalue weighted by Crippen LogP contribution is 2.54. The number of Topliss-reactive ketones (excluding diaryl/α,β-unsaturated/α-hetero) is 1. The summed E-state index contributed by atoms with van der Waals surface area (Å²) in [4.78, 5) is 37.4. The highest BCUT2D eigenvalue weighted by atomic mass is 32.2. The number of β-lactam (4-membered cyclic amide) rings is 1. The van der Waals surface area contributed by atoms with Crippen LogP contribution in [0.15, 0.2) is 24.3 Å². The van der Waals surface area contributed by atoms with Crippen LogP contribution in [0.2, 0.25) is 0 Å². The van der Waals surface area contributed by atoms with Crippen LogP contribution in [-0.2, 0) is 9.59 Å². The Bertz CT molecular complexity index is 720. The van der Waals surface area contributed by atoms with Crippen molar-refractivity contribution in [3.63, 3.8) is 0 Å². The molecule has 0 radical (unpaired) electrons. The van der Waals surface area contributed by atoms with E-state index in [9.17, 15) is 29.0 Å². The molecule has 6 nitrogen and oxygen atoms in total. The molecule has 1 unspecified atom stereocenters. The molecule has 8 heteroatoms. The van der Waals surface area contributed by atoms with Gasteiger partial charge in [-0.05, 0) is 38.1 Å². The number of aliphatic hydroxyl groups excluding tert-OH is 1. The smallest absolute Gasteiger partial charge is 0.327 e. The number of nitrogens with zero attached hydrogens (tertiary/aromatic N) is 1. The third kappa shape index (κ3) is 2.41. The lowest BCUT2D eigenvalue weighted by Gasteiger charge is -2.45. The number of amides is 1. The third-order valence-corrected chi connectivity index (χ3v) is 6.05. The molecule has 0 bridgehead atoms. The molecule has 1 amide bonds. The molecule has 24 heavy (non-hydrogen) atoms. The van der Waals surface area contributed by atoms with E-state index >= 15 is 0 Å². The fourth-order valence-corrected chi connectivity index (χ4v) is 5.00. The van der Waals surface area contributed by atoms with E-state index in [0.717, 1.165) is 12.1 Å². The van der Waals surface area contributed by atoms with E-state index in [4.69, 9.17) is 0 Å². The Kier molecular flexibility index (Phi) is 3.92. The first-order valence-corrected chi connectivity index (χ1v) is 8.24. The minimum absolute atomic E-state index is 0.104. The minimum Gasteiger partial charge on any atom is -0.480 e. The van der Waals surface area contributed by atoms with Crippen LogP contribution in [0.25, 0.3) is 0 Å². The van der Waals surface area contributed by atoms with E-state index in [1.807, 2.05) is 0 Å². The summed E-state index contributed by atoms with van der Waals surface area (Å²) in [6.07, 6.45) is -1.58. The van der Waals surface area contributed by atoms with E-state index in [-0.39, 0.29) is 5.56 Å². The van der Waals surface area contributed by atoms with Gasteiger partial charge in [0.25, 0.3) is 0 Å². The molecule has 2 fully saturated rings. The Morgan fingerprint density at radius 2 is 1.88 bits per heavy atom. The third-order valence-electron chi connectivity index (χ3n) is 4.45. The van der Waals surface area contributed by atoms with E-state index < -0.39 is 51.7 Å². The molecule has 2 N–H and O–H groups in total. The second kappa shape index (κ2) is 5.56. The van der Waals surface area contributed by atoms with Crippen molar-refractivity contribution in [3.05, 3.63) is 35.6 Å². The maximum Gasteiger partial charge on any atom is 0.327 e. The number of rotatable bonds is 4. The first-order valence-electron chi connectivity index (χ1n) is 7.36. The molecule has 2 aliphatic rings. The van der Waals surface area contributed by atoms with Crippen LogP contribution >= 0.6 is 11.8 Å². The highest BCUT2D eigenvalue weighted by Gasteiger charge is 2.65. The van der Waals surface area contributed by atoms with Gasteiger partial charge in [-0.1, -0.05) is 0 Å². The van der Waals surface area contributed by atoms with Crippen molar-refractivity contribution in [1.29, 1.82) is 0 Å². The van der Waals surface area contributed by atoms with Crippen molar-refractivity contribution in [1.82, 2.24) is 4.90 Å². The van der Waals surface area contributed by atoms with E-state index in [1.165, 1.54) is 28.8 Å². The van der Waals surface area contributed by atoms with Crippen molar-refractivity contribution in [2.45, 2.75) is 36.1 Å². The fraction of sp³-hybridized carbons (Fsp3) is 0.438. The number of carbonyl (C=O) groups is 3. The summed E-state index contributed by atoms with van der Waals surface area (Å²) < 4.78 is 12.2. The quantitative estimate of drug-likeness (QED) is 0.622. The molecule has 4 atom stereocenters. The van der Waals surface area contributed by atoms with Gasteiger partial charge >= 0.3 is 5.97 Å². The van der Waals surface area contributed by atoms with Gasteiger partial charge in [0.1, 0.15) is 23.9 Å². The largest absolute Gasteiger partial charge is 0.480 e. The average Bonchev–Trinajstić information content (AvgIpc) is 2.75. The van der Waals surface area contributed by atoms with Crippen LogP contribution in [-0.4, -0.2) is 55.0 Å². The molecule has 2 aliphatic heterocycles. The summed E-state index contributed by atoms with van der Waals surface area (Å²) in [7, 11) is 0. The molecule has 2 heterocycles. The summed E-state index contributed by atoms with van der Waals surface area (Å²) >= 11 is 1.26. The Hall–Kier alpha value is -1.93. The van der Waals surface area contributed by atoms with Crippen LogP contribution < -0.4 is 0 Å². The van der Waals surface area contributed by atoms with E-state index in [2.05, 4.69) is 0 Å². The monoisotopic (exact) mass is 353 g/mol. The molecule has 3 rings (SSSR count). The molecule has 128 valence electrons. The second-order valence-electron chi connectivity index (χ2n) is 6.44. The van der Waals surface area contributed by atoms with Gasteiger partial charge in [0.15, 0.2) is 5.78 Å². The van der Waals surface area contributed by atoms with Gasteiger partial charge in [-0.3, -0.25) is 9.59 Å². The van der Waals surface area contributed by atoms with Crippen molar-refractivity contribution in [3.8, 4) is 0 Å². The van der Waals surface area contributed by atoms with Crippen LogP contribution in [0.4, 0.5) is 4.39 Å². The lowest BCUT2D eigenvalue weighted by Crippen LogP contribution is -2.66. The first kappa shape index (κ1) is 16.9. The highest BCUT2D eigenvalue weighted by molar-refractivity contribution is 8.01. The normalized spacial score (nSPS) is 28.9. The van der Waals surface area contributed by atoms with Crippen LogP contribution in [0, 0.1) is 11.7 Å². The van der Waals surface area contributed by atoms with Gasteiger partial charge in [-0.2, -0.15) is 0 Å². The standard InChI is InChI=1S/C16H16FNO5S/c1-16(2)12(15(22)23)18-13(21)9(14(18)24-16)11(20)10(19)7-3-5-8(17)6-4-7/h3-6,9,11-12,14,20H,1-2H3,(H,22,23)/t9-,11?,12+,14-/m1/s1. The topological polar surface area (TPSA) is 94.9 Å². The van der Waals surface area contributed by atoms with Gasteiger partial charge in [0.05, 0.1) is 5.37 Å². The van der Waals surface area contributed by atoms with Gasteiger partial charge in [-0.15, -0.1) is 11.8 Å². The molecule has 0 saturated carbocycles. The summed E-state index contributed by atoms with van der Waals surface area (Å²) in [5.41, 5.74) is 0.104. The van der Waals surface area contributed by atoms with E-state index in [0.29, 0.717) is 0 Å². The molecule has 2 saturated heterocycles. The number of carboxylic acids is 1. The van der Waals surface area contributed by atoms with E-state index in [1.54, 1.807) is 13.8 Å². The maximum absolute atomic E-state index is 12.9. The van der Waals surface area contributed by atoms with Gasteiger partial charge in [0.2, 0.25) is 5.91 Å². The van der Waals surface area contributed by atoms with Crippen LogP contribution in [0.3, 0.4) is 0 Å². The fourth-order valence-electron chi connectivity index (χ4n) is 3.28. The van der Waals surface area contributed by atoms with Crippen molar-refractivity contribution >= 4 is 29.4 Å². The summed E-state index contributed by atoms with van der Waals surface area (Å²) in [6.45, 7) is 3.43. The maximum atomic E-state index is 12.9. The van der Waals surface area contributed by atoms with Gasteiger partial charge in [-0.25, -0.2) is 9.18 Å². The molecule has 0 aliphatic carbocycles. The lowest BCUT2D eigenvalue weighted by atomic mass is 9.85. The van der Waals surface area contributed by atoms with Crippen LogP contribution in [0.1, 0.15) is 24.2 Å². The first-order chi connectivity index (χ1) is 11.1. The zero-order chi connectivity index (χ0) is 17.8. The summed E-state index contributed by atoms with van der Waals surface area (Å²) in [5, 5.41) is 19.1. The predicted molar refractivity (Wildman–Crippen MR) is 84.0 cm³/mol. The average molecular weight is 353 g/mol. The zero-order valence-corrected chi connectivity index (χ0v) is 13.8. The number of hydrogen-bond acceptors (Lipinski definition) is 5. The zero-order valence-electron chi connectivity index (χ0n) is 13.0. The predicted octanol–water partition coefficient (Wildman–Crippen LogP) is 1.13. The number of aliphatic hydroxyl groups is 1. The molecule has 1 aromatic carbocycles. The molecule has 0 aromatic heterocycles. The number of aliphatic carboxylic acids is 1. The summed E-state index contributed by atoms with van der Waals surface area (Å²) in [5.74, 6) is -3.83. The number of ketones is 1. The number of hydrogen-bond donors (Lipinski definition) is 2. The molecule has 1 aromatic rings. The van der Waals surface area contributed by atoms with Crippen molar-refractivity contribution in [2.75, 3.05) is 0 Å². The van der Waals surface area contributed by atoms with Crippen LogP contribution in [0.5, 0.6) is 0 Å². The van der Waals surface area contributed by atoms with Crippen molar-refractivity contribution in [2.24, 2.45) is 5.92 Å². The Morgan fingerprint density at radius 3 is 2.42 bits per heavy atom. The van der Waals surface area contributed by atoms with Gasteiger partial charge in [0, 0.05) is 10.3 Å². The number of carbonyl (C=O) groups excluding carboxylic acids is 2. The number of benzene rings is 1. The number of thioether (sulfide) groups is 1. The Labute approximate surface area is 141 Å². The molecular weight excluding hydrogens is 337 g/mol. The minimum atomic E-state index is -1.58. The summed E-state index contributed by atoms with van der Waals surface area (Å²) in [6, 6.07) is 3.69.